The zero-order valence-corrected chi connectivity index (χ0v) is 9.48. The highest BCUT2D eigenvalue weighted by Gasteiger charge is 2.16. The SMILES string of the molecule is COc1ccc(C(=O)c2cn(C)cn2)c(F)c1. The van der Waals surface area contributed by atoms with E-state index in [0.717, 1.165) is 0 Å². The van der Waals surface area contributed by atoms with E-state index in [0.29, 0.717) is 5.75 Å². The number of imidazole rings is 1. The van der Waals surface area contributed by atoms with Crippen molar-refractivity contribution in [2.45, 2.75) is 0 Å². The molecule has 0 atom stereocenters. The normalized spacial score (nSPS) is 10.3. The van der Waals surface area contributed by atoms with Crippen LogP contribution in [0.2, 0.25) is 0 Å². The average molecular weight is 234 g/mol. The number of halogens is 1. The Kier molecular flexibility index (Phi) is 2.91. The van der Waals surface area contributed by atoms with E-state index in [1.165, 1.54) is 25.6 Å². The first-order valence-corrected chi connectivity index (χ1v) is 4.98. The highest BCUT2D eigenvalue weighted by Crippen LogP contribution is 2.18. The lowest BCUT2D eigenvalue weighted by Crippen LogP contribution is -2.05. The maximum Gasteiger partial charge on any atom is 0.215 e. The molecule has 17 heavy (non-hydrogen) atoms. The van der Waals surface area contributed by atoms with Crippen molar-refractivity contribution in [3.8, 4) is 5.75 Å². The molecule has 0 radical (unpaired) electrons. The van der Waals surface area contributed by atoms with Gasteiger partial charge >= 0.3 is 0 Å². The standard InChI is InChI=1S/C12H11FN2O2/c1-15-6-11(14-7-15)12(16)9-4-3-8(17-2)5-10(9)13/h3-7H,1-2H3. The fraction of sp³-hybridized carbons (Fsp3) is 0.167. The molecule has 0 N–H and O–H groups in total. The summed E-state index contributed by atoms with van der Waals surface area (Å²) in [6, 6.07) is 4.11. The van der Waals surface area contributed by atoms with E-state index in [4.69, 9.17) is 4.74 Å². The van der Waals surface area contributed by atoms with Crippen molar-refractivity contribution in [3.63, 3.8) is 0 Å². The van der Waals surface area contributed by atoms with Gasteiger partial charge < -0.3 is 9.30 Å². The molecule has 0 amide bonds. The molecule has 0 aliphatic rings. The van der Waals surface area contributed by atoms with Crippen LogP contribution in [-0.2, 0) is 7.05 Å². The number of nitrogens with zero attached hydrogens (tertiary/aromatic N) is 2. The van der Waals surface area contributed by atoms with Crippen LogP contribution in [0.4, 0.5) is 4.39 Å². The second-order valence-corrected chi connectivity index (χ2v) is 3.60. The molecule has 0 saturated carbocycles. The average Bonchev–Trinajstić information content (AvgIpc) is 2.75. The molecule has 2 rings (SSSR count). The van der Waals surface area contributed by atoms with Crippen molar-refractivity contribution in [2.24, 2.45) is 7.05 Å². The molecule has 0 unspecified atom stereocenters. The largest absolute Gasteiger partial charge is 0.497 e. The number of aromatic nitrogens is 2. The Balaban J connectivity index is 2.37. The van der Waals surface area contributed by atoms with Crippen LogP contribution in [-0.4, -0.2) is 22.4 Å². The van der Waals surface area contributed by atoms with Gasteiger partial charge in [0.05, 0.1) is 19.0 Å². The molecule has 4 nitrogen and oxygen atoms in total. The van der Waals surface area contributed by atoms with Crippen LogP contribution in [0.1, 0.15) is 16.1 Å². The molecular formula is C12H11FN2O2. The molecule has 5 heteroatoms. The molecule has 1 aromatic heterocycles. The highest BCUT2D eigenvalue weighted by atomic mass is 19.1. The van der Waals surface area contributed by atoms with Crippen molar-refractivity contribution in [1.82, 2.24) is 9.55 Å². The van der Waals surface area contributed by atoms with Crippen molar-refractivity contribution in [1.29, 1.82) is 0 Å². The fourth-order valence-electron chi connectivity index (χ4n) is 1.48. The van der Waals surface area contributed by atoms with Gasteiger partial charge in [0, 0.05) is 19.3 Å². The summed E-state index contributed by atoms with van der Waals surface area (Å²) in [6.45, 7) is 0. The van der Waals surface area contributed by atoms with E-state index >= 15 is 0 Å². The Labute approximate surface area is 97.7 Å². The summed E-state index contributed by atoms with van der Waals surface area (Å²) in [7, 11) is 3.18. The molecule has 0 fully saturated rings. The fourth-order valence-corrected chi connectivity index (χ4v) is 1.48. The quantitative estimate of drug-likeness (QED) is 0.760. The van der Waals surface area contributed by atoms with Gasteiger partial charge in [-0.25, -0.2) is 9.37 Å². The van der Waals surface area contributed by atoms with E-state index in [-0.39, 0.29) is 11.3 Å². The molecule has 1 heterocycles. The van der Waals surface area contributed by atoms with Crippen molar-refractivity contribution in [2.75, 3.05) is 7.11 Å². The van der Waals surface area contributed by atoms with Gasteiger partial charge in [-0.05, 0) is 12.1 Å². The van der Waals surface area contributed by atoms with Crippen LogP contribution >= 0.6 is 0 Å². The molecule has 2 aromatic rings. The minimum absolute atomic E-state index is 0.00972. The number of carbonyl (C=O) groups excluding carboxylic acids is 1. The van der Waals surface area contributed by atoms with Crippen molar-refractivity contribution < 1.29 is 13.9 Å². The van der Waals surface area contributed by atoms with Crippen LogP contribution in [0, 0.1) is 5.82 Å². The van der Waals surface area contributed by atoms with Gasteiger partial charge in [0.1, 0.15) is 17.3 Å². The lowest BCUT2D eigenvalue weighted by molar-refractivity contribution is 0.103. The third-order valence-electron chi connectivity index (χ3n) is 2.36. The van der Waals surface area contributed by atoms with Crippen LogP contribution in [0.3, 0.4) is 0 Å². The Morgan fingerprint density at radius 1 is 1.47 bits per heavy atom. The smallest absolute Gasteiger partial charge is 0.215 e. The van der Waals surface area contributed by atoms with Crippen LogP contribution < -0.4 is 4.74 Å². The number of aryl methyl sites for hydroxylation is 1. The van der Waals surface area contributed by atoms with E-state index in [1.54, 1.807) is 23.9 Å². The molecular weight excluding hydrogens is 223 g/mol. The highest BCUT2D eigenvalue weighted by molar-refractivity contribution is 6.07. The Bertz CT molecular complexity index is 563. The maximum absolute atomic E-state index is 13.6. The number of methoxy groups -OCH3 is 1. The number of hydrogen-bond acceptors (Lipinski definition) is 3. The summed E-state index contributed by atoms with van der Waals surface area (Å²) in [5, 5.41) is 0. The maximum atomic E-state index is 13.6. The predicted octanol–water partition coefficient (Wildman–Crippen LogP) is 1.80. The summed E-state index contributed by atoms with van der Waals surface area (Å²) in [6.07, 6.45) is 3.04. The third kappa shape index (κ3) is 2.18. The van der Waals surface area contributed by atoms with E-state index in [9.17, 15) is 9.18 Å². The molecule has 1 aromatic carbocycles. The number of carbonyl (C=O) groups is 1. The number of rotatable bonds is 3. The Morgan fingerprint density at radius 3 is 2.76 bits per heavy atom. The van der Waals surface area contributed by atoms with Crippen LogP contribution in [0.15, 0.2) is 30.7 Å². The Morgan fingerprint density at radius 2 is 2.24 bits per heavy atom. The predicted molar refractivity (Wildman–Crippen MR) is 59.6 cm³/mol. The minimum Gasteiger partial charge on any atom is -0.497 e. The van der Waals surface area contributed by atoms with E-state index in [1.807, 2.05) is 0 Å². The molecule has 0 aliphatic heterocycles. The second-order valence-electron chi connectivity index (χ2n) is 3.60. The van der Waals surface area contributed by atoms with Crippen molar-refractivity contribution >= 4 is 5.78 Å². The zero-order chi connectivity index (χ0) is 12.4. The molecule has 0 bridgehead atoms. The minimum atomic E-state index is -0.611. The van der Waals surface area contributed by atoms with Gasteiger partial charge in [0.25, 0.3) is 0 Å². The van der Waals surface area contributed by atoms with Gasteiger partial charge in [0.2, 0.25) is 5.78 Å². The number of hydrogen-bond donors (Lipinski definition) is 0. The van der Waals surface area contributed by atoms with Crippen molar-refractivity contribution in [3.05, 3.63) is 47.8 Å². The lowest BCUT2D eigenvalue weighted by Gasteiger charge is -2.03. The third-order valence-corrected chi connectivity index (χ3v) is 2.36. The van der Waals surface area contributed by atoms with Gasteiger partial charge in [-0.3, -0.25) is 4.79 Å². The summed E-state index contributed by atoms with van der Waals surface area (Å²) >= 11 is 0. The number of benzene rings is 1. The number of ether oxygens (including phenoxy) is 1. The summed E-state index contributed by atoms with van der Waals surface area (Å²) < 4.78 is 20.1. The monoisotopic (exact) mass is 234 g/mol. The van der Waals surface area contributed by atoms with E-state index < -0.39 is 11.6 Å². The second kappa shape index (κ2) is 4.37. The van der Waals surface area contributed by atoms with Gasteiger partial charge in [-0.15, -0.1) is 0 Å². The molecule has 0 spiro atoms. The molecule has 0 aliphatic carbocycles. The Hall–Kier alpha value is -2.17. The topological polar surface area (TPSA) is 44.1 Å². The van der Waals surface area contributed by atoms with E-state index in [2.05, 4.69) is 4.98 Å². The lowest BCUT2D eigenvalue weighted by atomic mass is 10.1. The van der Waals surface area contributed by atoms with Crippen LogP contribution in [0.25, 0.3) is 0 Å². The first-order valence-electron chi connectivity index (χ1n) is 4.98. The molecule has 0 saturated heterocycles. The van der Waals surface area contributed by atoms with Gasteiger partial charge in [-0.2, -0.15) is 0 Å². The first kappa shape index (κ1) is 11.3. The summed E-state index contributed by atoms with van der Waals surface area (Å²) in [4.78, 5) is 15.8. The summed E-state index contributed by atoms with van der Waals surface area (Å²) in [5.74, 6) is -0.675. The first-order chi connectivity index (χ1) is 8.11. The zero-order valence-electron chi connectivity index (χ0n) is 9.48. The number of ketones is 1. The summed E-state index contributed by atoms with van der Waals surface area (Å²) in [5.41, 5.74) is 0.209. The van der Waals surface area contributed by atoms with Gasteiger partial charge in [-0.1, -0.05) is 0 Å². The van der Waals surface area contributed by atoms with Crippen LogP contribution in [0.5, 0.6) is 5.75 Å². The molecule has 88 valence electrons. The van der Waals surface area contributed by atoms with Gasteiger partial charge in [0.15, 0.2) is 0 Å².